The lowest BCUT2D eigenvalue weighted by atomic mass is 9.75. The molecule has 2 aromatic rings. The van der Waals surface area contributed by atoms with Crippen LogP contribution in [0.5, 0.6) is 0 Å². The molecule has 0 aromatic heterocycles. The van der Waals surface area contributed by atoms with E-state index in [0.29, 0.717) is 5.78 Å². The van der Waals surface area contributed by atoms with Crippen molar-refractivity contribution in [2.24, 2.45) is 5.92 Å². The van der Waals surface area contributed by atoms with Crippen LogP contribution in [-0.4, -0.2) is 5.78 Å². The van der Waals surface area contributed by atoms with Gasteiger partial charge < -0.3 is 0 Å². The SMILES string of the molecule is O=C1CCCC[C@@H]1[C@@H](/C=C/c1ccccc1)c1ccccc1. The first-order valence-electron chi connectivity index (χ1n) is 8.15. The second kappa shape index (κ2) is 7.22. The summed E-state index contributed by atoms with van der Waals surface area (Å²) in [6, 6.07) is 20.7. The molecule has 22 heavy (non-hydrogen) atoms. The maximum absolute atomic E-state index is 12.4. The van der Waals surface area contributed by atoms with E-state index < -0.39 is 0 Å². The van der Waals surface area contributed by atoms with Gasteiger partial charge in [-0.1, -0.05) is 79.2 Å². The van der Waals surface area contributed by atoms with E-state index in [1.54, 1.807) is 0 Å². The van der Waals surface area contributed by atoms with Crippen molar-refractivity contribution >= 4 is 11.9 Å². The van der Waals surface area contributed by atoms with Gasteiger partial charge in [-0.3, -0.25) is 4.79 Å². The van der Waals surface area contributed by atoms with Crippen LogP contribution in [0.15, 0.2) is 66.7 Å². The molecule has 2 atom stereocenters. The molecule has 0 unspecified atom stereocenters. The summed E-state index contributed by atoms with van der Waals surface area (Å²) in [6.07, 6.45) is 8.35. The summed E-state index contributed by atoms with van der Waals surface area (Å²) in [5, 5.41) is 0. The number of rotatable bonds is 4. The summed E-state index contributed by atoms with van der Waals surface area (Å²) < 4.78 is 0. The Bertz CT molecular complexity index is 627. The lowest BCUT2D eigenvalue weighted by Crippen LogP contribution is -2.24. The first-order chi connectivity index (χ1) is 10.8. The molecule has 1 nitrogen and oxygen atoms in total. The predicted molar refractivity (Wildman–Crippen MR) is 91.6 cm³/mol. The summed E-state index contributed by atoms with van der Waals surface area (Å²) in [5.74, 6) is 0.753. The Morgan fingerprint density at radius 2 is 1.59 bits per heavy atom. The highest BCUT2D eigenvalue weighted by molar-refractivity contribution is 5.83. The minimum atomic E-state index is 0.135. The minimum Gasteiger partial charge on any atom is -0.299 e. The van der Waals surface area contributed by atoms with Crippen molar-refractivity contribution in [3.05, 3.63) is 77.9 Å². The van der Waals surface area contributed by atoms with Gasteiger partial charge in [0.15, 0.2) is 0 Å². The Morgan fingerprint density at radius 1 is 0.909 bits per heavy atom. The van der Waals surface area contributed by atoms with Gasteiger partial charge in [-0.15, -0.1) is 0 Å². The van der Waals surface area contributed by atoms with Crippen molar-refractivity contribution in [2.75, 3.05) is 0 Å². The fourth-order valence-electron chi connectivity index (χ4n) is 3.32. The summed E-state index contributed by atoms with van der Waals surface area (Å²) in [7, 11) is 0. The van der Waals surface area contributed by atoms with E-state index in [-0.39, 0.29) is 11.8 Å². The highest BCUT2D eigenvalue weighted by atomic mass is 16.1. The van der Waals surface area contributed by atoms with Crippen molar-refractivity contribution in [3.63, 3.8) is 0 Å². The topological polar surface area (TPSA) is 17.1 Å². The van der Waals surface area contributed by atoms with Crippen LogP contribution in [0.4, 0.5) is 0 Å². The zero-order valence-corrected chi connectivity index (χ0v) is 12.8. The molecule has 0 saturated heterocycles. The minimum absolute atomic E-state index is 0.135. The third-order valence-electron chi connectivity index (χ3n) is 4.52. The summed E-state index contributed by atoms with van der Waals surface area (Å²) in [6.45, 7) is 0. The summed E-state index contributed by atoms with van der Waals surface area (Å²) in [5.41, 5.74) is 2.43. The van der Waals surface area contributed by atoms with Crippen LogP contribution in [0.25, 0.3) is 6.08 Å². The van der Waals surface area contributed by atoms with Crippen molar-refractivity contribution in [1.82, 2.24) is 0 Å². The number of carbonyl (C=O) groups is 1. The third-order valence-corrected chi connectivity index (χ3v) is 4.52. The summed E-state index contributed by atoms with van der Waals surface area (Å²) >= 11 is 0. The number of hydrogen-bond donors (Lipinski definition) is 0. The van der Waals surface area contributed by atoms with Crippen molar-refractivity contribution < 1.29 is 4.79 Å². The quantitative estimate of drug-likeness (QED) is 0.752. The number of Topliss-reactive ketones (excluding diaryl/α,β-unsaturated/α-hetero) is 1. The van der Waals surface area contributed by atoms with Gasteiger partial charge in [0.1, 0.15) is 5.78 Å². The average Bonchev–Trinajstić information content (AvgIpc) is 2.58. The normalized spacial score (nSPS) is 20.2. The molecule has 1 heteroatoms. The molecular weight excluding hydrogens is 268 g/mol. The molecule has 112 valence electrons. The van der Waals surface area contributed by atoms with E-state index in [9.17, 15) is 4.79 Å². The third kappa shape index (κ3) is 3.54. The van der Waals surface area contributed by atoms with Crippen molar-refractivity contribution in [2.45, 2.75) is 31.6 Å². The molecule has 0 bridgehead atoms. The second-order valence-corrected chi connectivity index (χ2v) is 6.02. The predicted octanol–water partition coefficient (Wildman–Crippen LogP) is 5.24. The molecule has 3 rings (SSSR count). The molecule has 1 saturated carbocycles. The highest BCUT2D eigenvalue weighted by Gasteiger charge is 2.29. The monoisotopic (exact) mass is 290 g/mol. The highest BCUT2D eigenvalue weighted by Crippen LogP contribution is 2.35. The van der Waals surface area contributed by atoms with Crippen LogP contribution in [0, 0.1) is 5.92 Å². The Hall–Kier alpha value is -2.15. The Kier molecular flexibility index (Phi) is 4.85. The number of benzene rings is 2. The van der Waals surface area contributed by atoms with Crippen molar-refractivity contribution in [3.8, 4) is 0 Å². The van der Waals surface area contributed by atoms with Gasteiger partial charge >= 0.3 is 0 Å². The van der Waals surface area contributed by atoms with E-state index in [0.717, 1.165) is 19.3 Å². The van der Waals surface area contributed by atoms with Gasteiger partial charge in [0.05, 0.1) is 0 Å². The first-order valence-corrected chi connectivity index (χ1v) is 8.15. The Morgan fingerprint density at radius 3 is 2.27 bits per heavy atom. The standard InChI is InChI=1S/C21H22O/c22-21-14-8-7-13-20(21)19(18-11-5-2-6-12-18)16-15-17-9-3-1-4-10-17/h1-6,9-12,15-16,19-20H,7-8,13-14H2/b16-15+/t19-,20+/m0/s1. The molecule has 0 N–H and O–H groups in total. The van der Waals surface area contributed by atoms with Crippen LogP contribution in [-0.2, 0) is 4.79 Å². The maximum atomic E-state index is 12.4. The molecule has 0 amide bonds. The molecule has 1 fully saturated rings. The molecule has 2 aromatic carbocycles. The number of ketones is 1. The Balaban J connectivity index is 1.89. The smallest absolute Gasteiger partial charge is 0.136 e. The van der Waals surface area contributed by atoms with E-state index in [1.807, 2.05) is 24.3 Å². The molecule has 1 aliphatic carbocycles. The lowest BCUT2D eigenvalue weighted by molar-refractivity contribution is -0.124. The molecule has 0 spiro atoms. The van der Waals surface area contributed by atoms with Gasteiger partial charge in [-0.2, -0.15) is 0 Å². The summed E-state index contributed by atoms with van der Waals surface area (Å²) in [4.78, 5) is 12.4. The van der Waals surface area contributed by atoms with E-state index >= 15 is 0 Å². The molecule has 0 radical (unpaired) electrons. The van der Waals surface area contributed by atoms with Gasteiger partial charge in [-0.25, -0.2) is 0 Å². The average molecular weight is 290 g/mol. The number of hydrogen-bond acceptors (Lipinski definition) is 1. The van der Waals surface area contributed by atoms with Gasteiger partial charge in [0, 0.05) is 18.3 Å². The van der Waals surface area contributed by atoms with Crippen molar-refractivity contribution in [1.29, 1.82) is 0 Å². The first kappa shape index (κ1) is 14.8. The van der Waals surface area contributed by atoms with E-state index in [2.05, 4.69) is 48.6 Å². The largest absolute Gasteiger partial charge is 0.299 e. The maximum Gasteiger partial charge on any atom is 0.136 e. The van der Waals surface area contributed by atoms with Crippen LogP contribution >= 0.6 is 0 Å². The Labute approximate surface area is 132 Å². The fraction of sp³-hybridized carbons (Fsp3) is 0.286. The zero-order valence-electron chi connectivity index (χ0n) is 12.8. The molecular formula is C21H22O. The van der Waals surface area contributed by atoms with E-state index in [4.69, 9.17) is 0 Å². The zero-order chi connectivity index (χ0) is 15.2. The fourth-order valence-corrected chi connectivity index (χ4v) is 3.32. The lowest BCUT2D eigenvalue weighted by Gasteiger charge is -2.27. The van der Waals surface area contributed by atoms with Gasteiger partial charge in [-0.05, 0) is 24.0 Å². The van der Waals surface area contributed by atoms with Crippen LogP contribution < -0.4 is 0 Å². The van der Waals surface area contributed by atoms with Gasteiger partial charge in [0.25, 0.3) is 0 Å². The van der Waals surface area contributed by atoms with E-state index in [1.165, 1.54) is 17.5 Å². The van der Waals surface area contributed by atoms with Crippen LogP contribution in [0.3, 0.4) is 0 Å². The van der Waals surface area contributed by atoms with Crippen LogP contribution in [0.1, 0.15) is 42.7 Å². The number of allylic oxidation sites excluding steroid dienone is 1. The second-order valence-electron chi connectivity index (χ2n) is 6.02. The molecule has 0 aliphatic heterocycles. The van der Waals surface area contributed by atoms with Crippen LogP contribution in [0.2, 0.25) is 0 Å². The van der Waals surface area contributed by atoms with Gasteiger partial charge in [0.2, 0.25) is 0 Å². The molecule has 0 heterocycles. The number of carbonyl (C=O) groups excluding carboxylic acids is 1. The molecule has 1 aliphatic rings.